The van der Waals surface area contributed by atoms with Crippen molar-refractivity contribution >= 4 is 11.8 Å². The van der Waals surface area contributed by atoms with E-state index in [1.165, 1.54) is 12.3 Å². The van der Waals surface area contributed by atoms with Crippen molar-refractivity contribution in [3.8, 4) is 0 Å². The SMILES string of the molecule is O=C(CCCNC(=O)c1ccco1)NCCc1ccccc1F. The van der Waals surface area contributed by atoms with Gasteiger partial charge in [0.15, 0.2) is 5.76 Å². The Labute approximate surface area is 133 Å². The molecular formula is C17H19FN2O3. The molecule has 1 aromatic heterocycles. The van der Waals surface area contributed by atoms with E-state index < -0.39 is 0 Å². The lowest BCUT2D eigenvalue weighted by molar-refractivity contribution is -0.121. The number of rotatable bonds is 8. The van der Waals surface area contributed by atoms with Gasteiger partial charge in [-0.05, 0) is 36.6 Å². The number of nitrogens with one attached hydrogen (secondary N) is 2. The fourth-order valence-corrected chi connectivity index (χ4v) is 2.07. The van der Waals surface area contributed by atoms with Crippen molar-refractivity contribution in [1.29, 1.82) is 0 Å². The zero-order chi connectivity index (χ0) is 16.5. The standard InChI is InChI=1S/C17H19FN2O3/c18-14-6-2-1-5-13(14)9-11-19-16(21)8-3-10-20-17(22)15-7-4-12-23-15/h1-2,4-7,12H,3,8-11H2,(H,19,21)(H,20,22). The first kappa shape index (κ1) is 16.7. The topological polar surface area (TPSA) is 71.3 Å². The van der Waals surface area contributed by atoms with Crippen LogP contribution in [0.15, 0.2) is 47.1 Å². The fraction of sp³-hybridized carbons (Fsp3) is 0.294. The van der Waals surface area contributed by atoms with Crippen molar-refractivity contribution in [2.75, 3.05) is 13.1 Å². The molecule has 0 radical (unpaired) electrons. The van der Waals surface area contributed by atoms with Gasteiger partial charge in [-0.1, -0.05) is 18.2 Å². The summed E-state index contributed by atoms with van der Waals surface area (Å²) in [5.74, 6) is -0.426. The van der Waals surface area contributed by atoms with Gasteiger partial charge in [0.05, 0.1) is 6.26 Å². The van der Waals surface area contributed by atoms with Crippen LogP contribution in [0.25, 0.3) is 0 Å². The molecule has 2 rings (SSSR count). The largest absolute Gasteiger partial charge is 0.459 e. The number of carbonyl (C=O) groups is 2. The van der Waals surface area contributed by atoms with Gasteiger partial charge in [-0.2, -0.15) is 0 Å². The summed E-state index contributed by atoms with van der Waals surface area (Å²) in [6.07, 6.45) is 2.71. The molecule has 2 N–H and O–H groups in total. The van der Waals surface area contributed by atoms with Gasteiger partial charge in [-0.3, -0.25) is 9.59 Å². The van der Waals surface area contributed by atoms with E-state index in [4.69, 9.17) is 4.42 Å². The van der Waals surface area contributed by atoms with Gasteiger partial charge in [-0.15, -0.1) is 0 Å². The van der Waals surface area contributed by atoms with E-state index in [1.807, 2.05) is 0 Å². The van der Waals surface area contributed by atoms with Gasteiger partial charge in [0.25, 0.3) is 5.91 Å². The molecule has 0 saturated heterocycles. The third kappa shape index (κ3) is 5.58. The van der Waals surface area contributed by atoms with E-state index in [9.17, 15) is 14.0 Å². The maximum absolute atomic E-state index is 13.4. The maximum Gasteiger partial charge on any atom is 0.286 e. The maximum atomic E-state index is 13.4. The lowest BCUT2D eigenvalue weighted by Crippen LogP contribution is -2.28. The highest BCUT2D eigenvalue weighted by atomic mass is 19.1. The monoisotopic (exact) mass is 318 g/mol. The highest BCUT2D eigenvalue weighted by Crippen LogP contribution is 2.06. The highest BCUT2D eigenvalue weighted by Gasteiger charge is 2.08. The number of halogens is 1. The molecule has 0 atom stereocenters. The first-order chi connectivity index (χ1) is 11.2. The van der Waals surface area contributed by atoms with Crippen LogP contribution in [-0.2, 0) is 11.2 Å². The smallest absolute Gasteiger partial charge is 0.286 e. The van der Waals surface area contributed by atoms with E-state index in [1.54, 1.807) is 30.3 Å². The normalized spacial score (nSPS) is 10.3. The molecular weight excluding hydrogens is 299 g/mol. The van der Waals surface area contributed by atoms with Gasteiger partial charge in [0.1, 0.15) is 5.82 Å². The Balaban J connectivity index is 1.57. The Kier molecular flexibility index (Phi) is 6.35. The van der Waals surface area contributed by atoms with E-state index in [-0.39, 0.29) is 23.4 Å². The molecule has 1 heterocycles. The van der Waals surface area contributed by atoms with Gasteiger partial charge < -0.3 is 15.1 Å². The Morgan fingerprint density at radius 2 is 1.87 bits per heavy atom. The molecule has 0 unspecified atom stereocenters. The van der Waals surface area contributed by atoms with Crippen LogP contribution in [0.4, 0.5) is 4.39 Å². The van der Waals surface area contributed by atoms with Crippen molar-refractivity contribution in [1.82, 2.24) is 10.6 Å². The molecule has 0 bridgehead atoms. The van der Waals surface area contributed by atoms with Crippen molar-refractivity contribution in [2.45, 2.75) is 19.3 Å². The first-order valence-corrected chi connectivity index (χ1v) is 7.48. The second-order valence-corrected chi connectivity index (χ2v) is 5.03. The number of benzene rings is 1. The van der Waals surface area contributed by atoms with Crippen LogP contribution >= 0.6 is 0 Å². The zero-order valence-corrected chi connectivity index (χ0v) is 12.7. The lowest BCUT2D eigenvalue weighted by atomic mass is 10.1. The Morgan fingerprint density at radius 1 is 1.04 bits per heavy atom. The van der Waals surface area contributed by atoms with Crippen molar-refractivity contribution in [3.05, 3.63) is 59.8 Å². The summed E-state index contributed by atoms with van der Waals surface area (Å²) in [6.45, 7) is 0.777. The van der Waals surface area contributed by atoms with Gasteiger partial charge in [-0.25, -0.2) is 4.39 Å². The molecule has 0 aliphatic carbocycles. The van der Waals surface area contributed by atoms with Crippen LogP contribution in [0.1, 0.15) is 29.0 Å². The number of hydrogen-bond donors (Lipinski definition) is 2. The number of furan rings is 1. The Morgan fingerprint density at radius 3 is 2.61 bits per heavy atom. The van der Waals surface area contributed by atoms with Gasteiger partial charge in [0, 0.05) is 19.5 Å². The molecule has 0 aliphatic rings. The second-order valence-electron chi connectivity index (χ2n) is 5.03. The minimum Gasteiger partial charge on any atom is -0.459 e. The summed E-state index contributed by atoms with van der Waals surface area (Å²) in [4.78, 5) is 23.2. The summed E-state index contributed by atoms with van der Waals surface area (Å²) >= 11 is 0. The molecule has 23 heavy (non-hydrogen) atoms. The zero-order valence-electron chi connectivity index (χ0n) is 12.7. The quantitative estimate of drug-likeness (QED) is 0.734. The van der Waals surface area contributed by atoms with Gasteiger partial charge in [0.2, 0.25) is 5.91 Å². The molecule has 2 aromatic rings. The summed E-state index contributed by atoms with van der Waals surface area (Å²) in [5, 5.41) is 5.40. The number of carbonyl (C=O) groups excluding carboxylic acids is 2. The van der Waals surface area contributed by atoms with E-state index >= 15 is 0 Å². The summed E-state index contributed by atoms with van der Waals surface area (Å²) < 4.78 is 18.4. The van der Waals surface area contributed by atoms with E-state index in [0.717, 1.165) is 0 Å². The van der Waals surface area contributed by atoms with Crippen LogP contribution in [0.5, 0.6) is 0 Å². The predicted molar refractivity (Wildman–Crippen MR) is 83.4 cm³/mol. The third-order valence-corrected chi connectivity index (χ3v) is 3.29. The van der Waals surface area contributed by atoms with Crippen molar-refractivity contribution < 1.29 is 18.4 Å². The number of hydrogen-bond acceptors (Lipinski definition) is 3. The lowest BCUT2D eigenvalue weighted by Gasteiger charge is -2.06. The molecule has 0 saturated carbocycles. The first-order valence-electron chi connectivity index (χ1n) is 7.48. The van der Waals surface area contributed by atoms with E-state index in [0.29, 0.717) is 37.9 Å². The third-order valence-electron chi connectivity index (χ3n) is 3.29. The Hall–Kier alpha value is -2.63. The minimum atomic E-state index is -0.296. The summed E-state index contributed by atoms with van der Waals surface area (Å²) in [6, 6.07) is 9.71. The predicted octanol–water partition coefficient (Wildman–Crippen LogP) is 2.29. The molecule has 2 amide bonds. The number of amides is 2. The average molecular weight is 318 g/mol. The van der Waals surface area contributed by atoms with Crippen LogP contribution in [0.3, 0.4) is 0 Å². The van der Waals surface area contributed by atoms with Gasteiger partial charge >= 0.3 is 0 Å². The van der Waals surface area contributed by atoms with E-state index in [2.05, 4.69) is 10.6 Å². The van der Waals surface area contributed by atoms with Crippen LogP contribution in [0, 0.1) is 5.82 Å². The van der Waals surface area contributed by atoms with Crippen LogP contribution < -0.4 is 10.6 Å². The van der Waals surface area contributed by atoms with Crippen LogP contribution in [-0.4, -0.2) is 24.9 Å². The molecule has 0 spiro atoms. The Bertz CT molecular complexity index is 641. The molecule has 0 fully saturated rings. The molecule has 6 heteroatoms. The van der Waals surface area contributed by atoms with Crippen LogP contribution in [0.2, 0.25) is 0 Å². The highest BCUT2D eigenvalue weighted by molar-refractivity contribution is 5.91. The average Bonchev–Trinajstić information content (AvgIpc) is 3.08. The summed E-state index contributed by atoms with van der Waals surface area (Å²) in [7, 11) is 0. The molecule has 1 aromatic carbocycles. The minimum absolute atomic E-state index is 0.117. The summed E-state index contributed by atoms with van der Waals surface area (Å²) in [5.41, 5.74) is 0.582. The molecule has 0 aliphatic heterocycles. The molecule has 122 valence electrons. The second kappa shape index (κ2) is 8.73. The fourth-order valence-electron chi connectivity index (χ4n) is 2.07. The van der Waals surface area contributed by atoms with Crippen molar-refractivity contribution in [2.24, 2.45) is 0 Å². The molecule has 5 nitrogen and oxygen atoms in total. The van der Waals surface area contributed by atoms with Crippen molar-refractivity contribution in [3.63, 3.8) is 0 Å².